The number of fused-ring (bicyclic) bond motifs is 4. The molecule has 4 aliphatic heterocycles. The Morgan fingerprint density at radius 3 is 1.56 bits per heavy atom. The highest BCUT2D eigenvalue weighted by Crippen LogP contribution is 2.40. The van der Waals surface area contributed by atoms with Crippen LogP contribution in [0.15, 0.2) is 34.3 Å². The second kappa shape index (κ2) is 11.1. The zero-order valence-corrected chi connectivity index (χ0v) is 24.0. The van der Waals surface area contributed by atoms with Crippen LogP contribution in [0.5, 0.6) is 23.0 Å². The molecular weight excluding hydrogens is 524 g/mol. The second-order valence-corrected chi connectivity index (χ2v) is 11.4. The van der Waals surface area contributed by atoms with Crippen molar-refractivity contribution < 1.29 is 28.5 Å². The van der Waals surface area contributed by atoms with Gasteiger partial charge in [0, 0.05) is 44.1 Å². The number of carbonyl (C=O) groups excluding carboxylic acids is 2. The van der Waals surface area contributed by atoms with Crippen molar-refractivity contribution >= 4 is 35.6 Å². The summed E-state index contributed by atoms with van der Waals surface area (Å²) in [7, 11) is 3.12. The maximum Gasteiger partial charge on any atom is 0.256 e. The van der Waals surface area contributed by atoms with Crippen LogP contribution < -0.4 is 18.9 Å². The number of nitrogens with zero attached hydrogens (tertiary/aromatic N) is 4. The van der Waals surface area contributed by atoms with E-state index < -0.39 is 0 Å². The number of benzene rings is 2. The maximum atomic E-state index is 13.2. The third-order valence-electron chi connectivity index (χ3n) is 8.23. The van der Waals surface area contributed by atoms with E-state index in [9.17, 15) is 9.59 Å². The highest BCUT2D eigenvalue weighted by molar-refractivity contribution is 6.04. The molecule has 4 aliphatic rings. The third kappa shape index (κ3) is 5.11. The van der Waals surface area contributed by atoms with Crippen molar-refractivity contribution in [2.24, 2.45) is 21.8 Å². The van der Waals surface area contributed by atoms with E-state index in [4.69, 9.17) is 18.9 Å². The number of hydrogen-bond acceptors (Lipinski definition) is 8. The van der Waals surface area contributed by atoms with Gasteiger partial charge in [0.1, 0.15) is 0 Å². The summed E-state index contributed by atoms with van der Waals surface area (Å²) in [5.74, 6) is 2.88. The van der Waals surface area contributed by atoms with Gasteiger partial charge in [0.05, 0.1) is 62.0 Å². The van der Waals surface area contributed by atoms with Crippen LogP contribution in [0.25, 0.3) is 0 Å². The summed E-state index contributed by atoms with van der Waals surface area (Å²) in [6.07, 6.45) is 6.14. The van der Waals surface area contributed by atoms with Crippen molar-refractivity contribution in [2.45, 2.75) is 45.2 Å². The lowest BCUT2D eigenvalue weighted by atomic mass is 10.1. The predicted octanol–water partition coefficient (Wildman–Crippen LogP) is 4.68. The lowest BCUT2D eigenvalue weighted by Crippen LogP contribution is -2.35. The minimum atomic E-state index is -0.0270. The number of rotatable bonds is 8. The number of carbonyl (C=O) groups is 2. The molecule has 0 radical (unpaired) electrons. The molecule has 10 nitrogen and oxygen atoms in total. The first-order valence-corrected chi connectivity index (χ1v) is 14.3. The topological polar surface area (TPSA) is 102 Å². The van der Waals surface area contributed by atoms with E-state index >= 15 is 0 Å². The smallest absolute Gasteiger partial charge is 0.256 e. The van der Waals surface area contributed by atoms with E-state index in [1.807, 2.05) is 22.2 Å². The van der Waals surface area contributed by atoms with Gasteiger partial charge in [-0.2, -0.15) is 0 Å². The van der Waals surface area contributed by atoms with E-state index in [1.54, 1.807) is 38.5 Å². The monoisotopic (exact) mass is 560 g/mol. The van der Waals surface area contributed by atoms with Gasteiger partial charge >= 0.3 is 0 Å². The minimum Gasteiger partial charge on any atom is -0.493 e. The third-order valence-corrected chi connectivity index (χ3v) is 8.23. The Hall–Kier alpha value is -4.08. The first-order valence-electron chi connectivity index (χ1n) is 14.3. The molecule has 2 aromatic carbocycles. The number of hydrogen-bond donors (Lipinski definition) is 0. The molecule has 2 aromatic rings. The largest absolute Gasteiger partial charge is 0.493 e. The Labute approximate surface area is 239 Å². The summed E-state index contributed by atoms with van der Waals surface area (Å²) >= 11 is 0. The zero-order chi connectivity index (χ0) is 28.7. The fraction of sp³-hybridized carbons (Fsp3) is 0.484. The Balaban J connectivity index is 1.10. The Kier molecular flexibility index (Phi) is 7.32. The molecule has 2 fully saturated rings. The molecule has 41 heavy (non-hydrogen) atoms. The summed E-state index contributed by atoms with van der Waals surface area (Å²) < 4.78 is 23.2. The predicted molar refractivity (Wildman–Crippen MR) is 155 cm³/mol. The fourth-order valence-corrected chi connectivity index (χ4v) is 6.18. The van der Waals surface area contributed by atoms with Gasteiger partial charge in [-0.1, -0.05) is 13.8 Å². The van der Waals surface area contributed by atoms with Crippen molar-refractivity contribution in [3.8, 4) is 23.0 Å². The van der Waals surface area contributed by atoms with Crippen molar-refractivity contribution in [3.05, 3.63) is 35.4 Å². The zero-order valence-electron chi connectivity index (χ0n) is 24.0. The molecular formula is C31H36N4O6. The summed E-state index contributed by atoms with van der Waals surface area (Å²) in [6.45, 7) is 6.48. The molecule has 4 heterocycles. The van der Waals surface area contributed by atoms with Crippen LogP contribution >= 0.6 is 0 Å². The van der Waals surface area contributed by atoms with Gasteiger partial charge in [-0.3, -0.25) is 19.6 Å². The number of amides is 2. The minimum absolute atomic E-state index is 0.0204. The molecule has 4 atom stereocenters. The summed E-state index contributed by atoms with van der Waals surface area (Å²) in [5.41, 5.74) is 2.22. The molecule has 10 heteroatoms. The van der Waals surface area contributed by atoms with Gasteiger partial charge in [0.2, 0.25) is 0 Å². The first kappa shape index (κ1) is 27.1. The molecule has 6 rings (SSSR count). The molecule has 0 bridgehead atoms. The molecule has 0 spiro atoms. The van der Waals surface area contributed by atoms with Crippen LogP contribution in [0.4, 0.5) is 11.4 Å². The standard InChI is InChI=1S/C31H36N4O6/c1-18-8-20-14-32-24-12-28(26(38-3)10-22(24)30(36)34(20)16-18)40-6-5-7-41-29-13-25-23(11-27(29)39-4)31(37)35-17-19(2)9-21(35)15-33-25/h10-15,18-21H,5-9,16-17H2,1-4H3/t18?,19?,20-,21-/m0/s1. The number of methoxy groups -OCH3 is 2. The summed E-state index contributed by atoms with van der Waals surface area (Å²) in [6, 6.07) is 7.02. The van der Waals surface area contributed by atoms with Gasteiger partial charge < -0.3 is 28.7 Å². The lowest BCUT2D eigenvalue weighted by Gasteiger charge is -2.21. The average Bonchev–Trinajstić information content (AvgIpc) is 3.48. The fourth-order valence-electron chi connectivity index (χ4n) is 6.18. The lowest BCUT2D eigenvalue weighted by molar-refractivity contribution is 0.0762. The Morgan fingerprint density at radius 1 is 0.707 bits per heavy atom. The highest BCUT2D eigenvalue weighted by Gasteiger charge is 2.37. The van der Waals surface area contributed by atoms with E-state index in [0.29, 0.717) is 77.0 Å². The van der Waals surface area contributed by atoms with E-state index in [1.165, 1.54) is 0 Å². The van der Waals surface area contributed by atoms with Gasteiger partial charge in [0.15, 0.2) is 23.0 Å². The van der Waals surface area contributed by atoms with Crippen LogP contribution in [0.1, 0.15) is 53.8 Å². The van der Waals surface area contributed by atoms with E-state index in [-0.39, 0.29) is 23.9 Å². The summed E-state index contributed by atoms with van der Waals surface area (Å²) in [5, 5.41) is 0. The van der Waals surface area contributed by atoms with Gasteiger partial charge in [-0.15, -0.1) is 0 Å². The molecule has 2 unspecified atom stereocenters. The summed E-state index contributed by atoms with van der Waals surface area (Å²) in [4.78, 5) is 39.4. The van der Waals surface area contributed by atoms with Gasteiger partial charge in [-0.05, 0) is 36.8 Å². The number of aliphatic imine (C=N–C) groups is 2. The normalized spacial score (nSPS) is 24.3. The molecule has 0 saturated carbocycles. The van der Waals surface area contributed by atoms with Crippen molar-refractivity contribution in [1.82, 2.24) is 9.80 Å². The van der Waals surface area contributed by atoms with Crippen molar-refractivity contribution in [1.29, 1.82) is 0 Å². The average molecular weight is 561 g/mol. The van der Waals surface area contributed by atoms with Gasteiger partial charge in [-0.25, -0.2) is 0 Å². The molecule has 2 amide bonds. The maximum absolute atomic E-state index is 13.2. The molecule has 0 aliphatic carbocycles. The van der Waals surface area contributed by atoms with Crippen molar-refractivity contribution in [3.63, 3.8) is 0 Å². The van der Waals surface area contributed by atoms with Crippen LogP contribution in [0.2, 0.25) is 0 Å². The SMILES string of the molecule is COc1cc2c(cc1OCCCOc1cc3c(cc1OC)C(=O)N1CC(C)C[C@H]1C=N3)N=C[C@@H]1CC(C)CN1C2=O. The van der Waals surface area contributed by atoms with Crippen LogP contribution in [-0.2, 0) is 0 Å². The van der Waals surface area contributed by atoms with Crippen LogP contribution in [-0.4, -0.2) is 86.6 Å². The second-order valence-electron chi connectivity index (χ2n) is 11.4. The Morgan fingerprint density at radius 2 is 1.15 bits per heavy atom. The van der Waals surface area contributed by atoms with Gasteiger partial charge in [0.25, 0.3) is 11.8 Å². The first-order chi connectivity index (χ1) is 19.9. The number of ether oxygens (including phenoxy) is 4. The van der Waals surface area contributed by atoms with E-state index in [2.05, 4.69) is 23.8 Å². The molecule has 0 aromatic heterocycles. The van der Waals surface area contributed by atoms with Crippen LogP contribution in [0.3, 0.4) is 0 Å². The molecule has 2 saturated heterocycles. The molecule has 0 N–H and O–H groups in total. The quantitative estimate of drug-likeness (QED) is 0.435. The molecule has 216 valence electrons. The Bertz CT molecular complexity index is 1320. The van der Waals surface area contributed by atoms with Crippen LogP contribution in [0, 0.1) is 11.8 Å². The van der Waals surface area contributed by atoms with E-state index in [0.717, 1.165) is 25.9 Å². The van der Waals surface area contributed by atoms with Crippen molar-refractivity contribution in [2.75, 3.05) is 40.5 Å². The highest BCUT2D eigenvalue weighted by atomic mass is 16.5.